The first-order valence-corrected chi connectivity index (χ1v) is 11.1. The molecule has 0 aliphatic rings. The van der Waals surface area contributed by atoms with Crippen molar-refractivity contribution in [3.8, 4) is 11.5 Å². The summed E-state index contributed by atoms with van der Waals surface area (Å²) < 4.78 is 40.3. The molecule has 0 aromatic heterocycles. The predicted octanol–water partition coefficient (Wildman–Crippen LogP) is 4.88. The molecule has 0 heterocycles. The molecule has 5 nitrogen and oxygen atoms in total. The van der Waals surface area contributed by atoms with Crippen LogP contribution in [-0.4, -0.2) is 34.0 Å². The Balaban J connectivity index is 2.22. The highest BCUT2D eigenvalue weighted by Gasteiger charge is 2.35. The van der Waals surface area contributed by atoms with Crippen molar-refractivity contribution in [3.05, 3.63) is 88.4 Å². The molecule has 152 valence electrons. The first-order valence-electron chi connectivity index (χ1n) is 8.90. The zero-order chi connectivity index (χ0) is 21.0. The Kier molecular flexibility index (Phi) is 6.62. The van der Waals surface area contributed by atoms with Crippen molar-refractivity contribution in [1.29, 1.82) is 0 Å². The molecule has 3 rings (SSSR count). The van der Waals surface area contributed by atoms with Gasteiger partial charge in [-0.05, 0) is 29.3 Å². The number of sulfonamides is 1. The van der Waals surface area contributed by atoms with Crippen molar-refractivity contribution in [2.24, 2.45) is 0 Å². The second kappa shape index (κ2) is 8.98. The molecular formula is C22H22BrNO4S. The first kappa shape index (κ1) is 21.4. The highest BCUT2D eigenvalue weighted by Crippen LogP contribution is 2.40. The number of hydrogen-bond donors (Lipinski definition) is 0. The van der Waals surface area contributed by atoms with E-state index in [0.29, 0.717) is 0 Å². The van der Waals surface area contributed by atoms with Crippen molar-refractivity contribution in [1.82, 2.24) is 4.31 Å². The van der Waals surface area contributed by atoms with Gasteiger partial charge in [-0.1, -0.05) is 70.5 Å². The highest BCUT2D eigenvalue weighted by atomic mass is 79.9. The normalized spacial score (nSPS) is 12.6. The largest absolute Gasteiger partial charge is 0.495 e. The zero-order valence-corrected chi connectivity index (χ0v) is 18.8. The second-order valence-electron chi connectivity index (χ2n) is 6.35. The zero-order valence-electron chi connectivity index (χ0n) is 16.4. The third-order valence-corrected chi connectivity index (χ3v) is 7.31. The Morgan fingerprint density at radius 1 is 0.828 bits per heavy atom. The molecule has 3 aromatic rings. The average Bonchev–Trinajstić information content (AvgIpc) is 2.75. The summed E-state index contributed by atoms with van der Waals surface area (Å²) in [6.07, 6.45) is 0. The number of nitrogens with zero attached hydrogens (tertiary/aromatic N) is 1. The second-order valence-corrected chi connectivity index (χ2v) is 9.14. The number of hydrogen-bond acceptors (Lipinski definition) is 4. The molecule has 0 fully saturated rings. The number of rotatable bonds is 7. The van der Waals surface area contributed by atoms with Gasteiger partial charge in [0.25, 0.3) is 10.0 Å². The maximum absolute atomic E-state index is 13.7. The Morgan fingerprint density at radius 2 is 1.38 bits per heavy atom. The van der Waals surface area contributed by atoms with Crippen molar-refractivity contribution < 1.29 is 17.9 Å². The maximum atomic E-state index is 13.7. The van der Waals surface area contributed by atoms with E-state index in [2.05, 4.69) is 15.9 Å². The number of methoxy groups -OCH3 is 2. The Morgan fingerprint density at radius 3 is 1.93 bits per heavy atom. The number of benzene rings is 3. The van der Waals surface area contributed by atoms with Gasteiger partial charge < -0.3 is 9.47 Å². The Bertz CT molecular complexity index is 1060. The lowest BCUT2D eigenvalue weighted by molar-refractivity contribution is 0.363. The van der Waals surface area contributed by atoms with E-state index in [9.17, 15) is 8.42 Å². The molecule has 0 saturated heterocycles. The number of ether oxygens (including phenoxy) is 2. The molecule has 29 heavy (non-hydrogen) atoms. The molecule has 0 amide bonds. The molecular weight excluding hydrogens is 454 g/mol. The minimum atomic E-state index is -3.97. The van der Waals surface area contributed by atoms with Crippen LogP contribution in [0.4, 0.5) is 0 Å². The molecule has 0 aliphatic heterocycles. The molecule has 1 unspecified atom stereocenters. The van der Waals surface area contributed by atoms with Crippen molar-refractivity contribution >= 4 is 26.0 Å². The van der Waals surface area contributed by atoms with Crippen LogP contribution in [0.15, 0.2) is 82.2 Å². The van der Waals surface area contributed by atoms with E-state index in [1.54, 1.807) is 25.2 Å². The van der Waals surface area contributed by atoms with Gasteiger partial charge in [-0.3, -0.25) is 0 Å². The lowest BCUT2D eigenvalue weighted by Crippen LogP contribution is -2.32. The van der Waals surface area contributed by atoms with Crippen molar-refractivity contribution in [3.63, 3.8) is 0 Å². The first-order chi connectivity index (χ1) is 13.9. The standard InChI is InChI=1S/C22H22BrNO4S/c1-24(29(25,26)22-19(27-2)14-9-15-20(22)28-3)21(16-10-5-4-6-11-16)17-12-7-8-13-18(17)23/h4-15,21H,1-3H3. The third-order valence-electron chi connectivity index (χ3n) is 4.70. The average molecular weight is 476 g/mol. The summed E-state index contributed by atoms with van der Waals surface area (Å²) in [6.45, 7) is 0. The molecule has 7 heteroatoms. The van der Waals surface area contributed by atoms with Gasteiger partial charge in [-0.25, -0.2) is 8.42 Å². The molecule has 0 saturated carbocycles. The molecule has 0 radical (unpaired) electrons. The van der Waals surface area contributed by atoms with Crippen LogP contribution in [0.25, 0.3) is 0 Å². The van der Waals surface area contributed by atoms with Gasteiger partial charge in [0.05, 0.1) is 20.3 Å². The fourth-order valence-corrected chi connectivity index (χ4v) is 5.39. The van der Waals surface area contributed by atoms with Crippen molar-refractivity contribution in [2.75, 3.05) is 21.3 Å². The van der Waals surface area contributed by atoms with Crippen LogP contribution in [0.2, 0.25) is 0 Å². The highest BCUT2D eigenvalue weighted by molar-refractivity contribution is 9.10. The van der Waals surface area contributed by atoms with Gasteiger partial charge in [0.2, 0.25) is 0 Å². The molecule has 0 N–H and O–H groups in total. The van der Waals surface area contributed by atoms with Crippen LogP contribution in [0.5, 0.6) is 11.5 Å². The minimum absolute atomic E-state index is 0.000449. The topological polar surface area (TPSA) is 55.8 Å². The molecule has 0 bridgehead atoms. The molecule has 0 aliphatic carbocycles. The SMILES string of the molecule is COc1cccc(OC)c1S(=O)(=O)N(C)C(c1ccccc1)c1ccccc1Br. The minimum Gasteiger partial charge on any atom is -0.495 e. The monoisotopic (exact) mass is 475 g/mol. The fraction of sp³-hybridized carbons (Fsp3) is 0.182. The van der Waals surface area contributed by atoms with E-state index < -0.39 is 16.1 Å². The summed E-state index contributed by atoms with van der Waals surface area (Å²) >= 11 is 3.57. The van der Waals surface area contributed by atoms with E-state index in [0.717, 1.165) is 15.6 Å². The van der Waals surface area contributed by atoms with Gasteiger partial charge in [-0.2, -0.15) is 4.31 Å². The predicted molar refractivity (Wildman–Crippen MR) is 117 cm³/mol. The van der Waals surface area contributed by atoms with E-state index >= 15 is 0 Å². The van der Waals surface area contributed by atoms with Gasteiger partial charge in [0, 0.05) is 11.5 Å². The van der Waals surface area contributed by atoms with Crippen LogP contribution in [-0.2, 0) is 10.0 Å². The Hall–Kier alpha value is -2.35. The quantitative estimate of drug-likeness (QED) is 0.488. The van der Waals surface area contributed by atoms with Crippen LogP contribution < -0.4 is 9.47 Å². The summed E-state index contributed by atoms with van der Waals surface area (Å²) in [7, 11) is 0.475. The van der Waals surface area contributed by atoms with E-state index in [1.165, 1.54) is 18.5 Å². The van der Waals surface area contributed by atoms with Gasteiger partial charge in [0.15, 0.2) is 4.90 Å². The van der Waals surface area contributed by atoms with Crippen LogP contribution in [0, 0.1) is 0 Å². The van der Waals surface area contributed by atoms with Crippen molar-refractivity contribution in [2.45, 2.75) is 10.9 Å². The lowest BCUT2D eigenvalue weighted by atomic mass is 9.99. The summed E-state index contributed by atoms with van der Waals surface area (Å²) in [5.41, 5.74) is 1.68. The summed E-state index contributed by atoms with van der Waals surface area (Å²) in [5.74, 6) is 0.463. The van der Waals surface area contributed by atoms with Gasteiger partial charge in [-0.15, -0.1) is 0 Å². The smallest absolute Gasteiger partial charge is 0.251 e. The Labute approximate surface area is 180 Å². The fourth-order valence-electron chi connectivity index (χ4n) is 3.27. The third kappa shape index (κ3) is 4.17. The van der Waals surface area contributed by atoms with Crippen LogP contribution >= 0.6 is 15.9 Å². The molecule has 0 spiro atoms. The van der Waals surface area contributed by atoms with Crippen LogP contribution in [0.3, 0.4) is 0 Å². The van der Waals surface area contributed by atoms with E-state index in [4.69, 9.17) is 9.47 Å². The molecule has 1 atom stereocenters. The molecule has 3 aromatic carbocycles. The maximum Gasteiger partial charge on any atom is 0.251 e. The summed E-state index contributed by atoms with van der Waals surface area (Å²) in [4.78, 5) is 0.000449. The van der Waals surface area contributed by atoms with E-state index in [-0.39, 0.29) is 16.4 Å². The van der Waals surface area contributed by atoms with E-state index in [1.807, 2.05) is 54.6 Å². The van der Waals surface area contributed by atoms with Crippen LogP contribution in [0.1, 0.15) is 17.2 Å². The summed E-state index contributed by atoms with van der Waals surface area (Å²) in [5, 5.41) is 0. The number of halogens is 1. The lowest BCUT2D eigenvalue weighted by Gasteiger charge is -2.30. The summed E-state index contributed by atoms with van der Waals surface area (Å²) in [6, 6.07) is 21.5. The van der Waals surface area contributed by atoms with Gasteiger partial charge in [0.1, 0.15) is 11.5 Å². The van der Waals surface area contributed by atoms with Gasteiger partial charge >= 0.3 is 0 Å².